The molecule has 4 heterocycles. The summed E-state index contributed by atoms with van der Waals surface area (Å²) in [7, 11) is -0.491. The molecule has 0 atom stereocenters. The first kappa shape index (κ1) is 21.9. The zero-order valence-electron chi connectivity index (χ0n) is 18.9. The molecule has 1 aliphatic rings. The minimum Gasteiger partial charge on any atom is -0.399 e. The molecule has 4 aromatic rings. The molecule has 0 spiro atoms. The second-order valence-electron chi connectivity index (χ2n) is 8.95. The van der Waals surface area contributed by atoms with Crippen molar-refractivity contribution in [3.63, 3.8) is 0 Å². The van der Waals surface area contributed by atoms with Crippen LogP contribution >= 0.6 is 11.3 Å². The van der Waals surface area contributed by atoms with Crippen molar-refractivity contribution in [3.8, 4) is 10.6 Å². The second kappa shape index (κ2) is 8.16. The summed E-state index contributed by atoms with van der Waals surface area (Å²) in [6.45, 7) is 9.24. The Morgan fingerprint density at radius 3 is 2.70 bits per heavy atom. The minimum atomic E-state index is -0.491. The molecule has 1 fully saturated rings. The quantitative estimate of drug-likeness (QED) is 0.436. The minimum absolute atomic E-state index is 0.259. The topological polar surface area (TPSA) is 87.0 Å². The standard InChI is InChI=1S/C22H24BFN6O2S/c1-21(2)22(3,4)32-23(31-21)15-7-5-6-14-12-17(33-19(14)15)18-16(24)13-26-20(28-18)25-8-10-30-11-9-27-29-30/h5-7,9,11-13H,8,10H2,1-4H3,(H,25,26,28). The lowest BCUT2D eigenvalue weighted by molar-refractivity contribution is 0.00578. The van der Waals surface area contributed by atoms with Crippen molar-refractivity contribution in [1.29, 1.82) is 0 Å². The molecule has 0 radical (unpaired) electrons. The Hall–Kier alpha value is -2.89. The lowest BCUT2D eigenvalue weighted by atomic mass is 9.78. The summed E-state index contributed by atoms with van der Waals surface area (Å²) in [4.78, 5) is 9.22. The molecule has 1 aliphatic heterocycles. The summed E-state index contributed by atoms with van der Waals surface area (Å²) in [5.41, 5.74) is 0.314. The number of fused-ring (bicyclic) bond motifs is 1. The Bertz CT molecular complexity index is 1280. The molecule has 0 bridgehead atoms. The van der Waals surface area contributed by atoms with E-state index in [0.717, 1.165) is 15.5 Å². The van der Waals surface area contributed by atoms with Gasteiger partial charge in [-0.15, -0.1) is 16.4 Å². The van der Waals surface area contributed by atoms with Gasteiger partial charge >= 0.3 is 7.12 Å². The van der Waals surface area contributed by atoms with Gasteiger partial charge in [-0.3, -0.25) is 4.68 Å². The largest absolute Gasteiger partial charge is 0.496 e. The number of anilines is 1. The smallest absolute Gasteiger partial charge is 0.399 e. The van der Waals surface area contributed by atoms with Crippen molar-refractivity contribution in [2.75, 3.05) is 11.9 Å². The van der Waals surface area contributed by atoms with Crippen LogP contribution in [0, 0.1) is 5.82 Å². The highest BCUT2D eigenvalue weighted by Gasteiger charge is 2.52. The van der Waals surface area contributed by atoms with Crippen LogP contribution in [0.15, 0.2) is 42.9 Å². The summed E-state index contributed by atoms with van der Waals surface area (Å²) in [6, 6.07) is 7.91. The molecule has 5 rings (SSSR count). The maximum atomic E-state index is 14.7. The van der Waals surface area contributed by atoms with Crippen LogP contribution in [0.5, 0.6) is 0 Å². The molecule has 8 nitrogen and oxygen atoms in total. The Balaban J connectivity index is 1.43. The third kappa shape index (κ3) is 4.12. The maximum Gasteiger partial charge on any atom is 0.496 e. The van der Waals surface area contributed by atoms with Gasteiger partial charge in [-0.2, -0.15) is 0 Å². The monoisotopic (exact) mass is 466 g/mol. The predicted octanol–water partition coefficient (Wildman–Crippen LogP) is 3.50. The third-order valence-corrected chi connectivity index (χ3v) is 7.36. The Kier molecular flexibility index (Phi) is 5.42. The van der Waals surface area contributed by atoms with Crippen LogP contribution in [-0.2, 0) is 15.9 Å². The van der Waals surface area contributed by atoms with Crippen LogP contribution in [0.4, 0.5) is 10.3 Å². The van der Waals surface area contributed by atoms with E-state index in [1.54, 1.807) is 17.1 Å². The normalized spacial score (nSPS) is 17.1. The highest BCUT2D eigenvalue weighted by atomic mass is 32.1. The van der Waals surface area contributed by atoms with E-state index in [1.165, 1.54) is 17.5 Å². The fraction of sp³-hybridized carbons (Fsp3) is 0.364. The zero-order valence-corrected chi connectivity index (χ0v) is 19.7. The first-order valence-electron chi connectivity index (χ1n) is 10.7. The molecular weight excluding hydrogens is 442 g/mol. The van der Waals surface area contributed by atoms with Gasteiger partial charge in [0.15, 0.2) is 5.82 Å². The van der Waals surface area contributed by atoms with Gasteiger partial charge in [0.2, 0.25) is 5.95 Å². The van der Waals surface area contributed by atoms with E-state index in [-0.39, 0.29) is 5.69 Å². The number of nitrogens with zero attached hydrogens (tertiary/aromatic N) is 5. The second-order valence-corrected chi connectivity index (χ2v) is 10.00. The number of halogens is 1. The van der Waals surface area contributed by atoms with Gasteiger partial charge in [0, 0.05) is 22.9 Å². The van der Waals surface area contributed by atoms with Crippen molar-refractivity contribution in [2.45, 2.75) is 45.4 Å². The number of hydrogen-bond acceptors (Lipinski definition) is 8. The maximum absolute atomic E-state index is 14.7. The molecule has 3 aromatic heterocycles. The average molecular weight is 466 g/mol. The molecule has 0 unspecified atom stereocenters. The van der Waals surface area contributed by atoms with Crippen LogP contribution in [0.2, 0.25) is 0 Å². The summed E-state index contributed by atoms with van der Waals surface area (Å²) in [5.74, 6) is -0.115. The van der Waals surface area contributed by atoms with E-state index < -0.39 is 24.1 Å². The van der Waals surface area contributed by atoms with Gasteiger partial charge < -0.3 is 14.6 Å². The van der Waals surface area contributed by atoms with E-state index >= 15 is 0 Å². The van der Waals surface area contributed by atoms with E-state index in [9.17, 15) is 4.39 Å². The summed E-state index contributed by atoms with van der Waals surface area (Å²) >= 11 is 1.47. The molecule has 0 amide bonds. The number of aromatic nitrogens is 5. The Morgan fingerprint density at radius 1 is 1.18 bits per heavy atom. The molecule has 33 heavy (non-hydrogen) atoms. The molecule has 11 heteroatoms. The Labute approximate surface area is 195 Å². The van der Waals surface area contributed by atoms with Crippen LogP contribution in [0.3, 0.4) is 0 Å². The summed E-state index contributed by atoms with van der Waals surface area (Å²) in [6.07, 6.45) is 4.58. The Morgan fingerprint density at radius 2 is 1.97 bits per heavy atom. The van der Waals surface area contributed by atoms with E-state index in [0.29, 0.717) is 23.9 Å². The third-order valence-electron chi connectivity index (χ3n) is 6.16. The molecule has 0 saturated carbocycles. The highest BCUT2D eigenvalue weighted by molar-refractivity contribution is 7.23. The molecule has 1 saturated heterocycles. The van der Waals surface area contributed by atoms with Gasteiger partial charge in [-0.05, 0) is 39.1 Å². The van der Waals surface area contributed by atoms with Crippen molar-refractivity contribution < 1.29 is 13.7 Å². The number of rotatable bonds is 6. The molecule has 1 aromatic carbocycles. The fourth-order valence-electron chi connectivity index (χ4n) is 3.62. The molecular formula is C22H24BFN6O2S. The van der Waals surface area contributed by atoms with Gasteiger partial charge in [0.1, 0.15) is 5.69 Å². The van der Waals surface area contributed by atoms with E-state index in [1.807, 2.05) is 52.0 Å². The van der Waals surface area contributed by atoms with E-state index in [2.05, 4.69) is 25.6 Å². The summed E-state index contributed by atoms with van der Waals surface area (Å²) in [5, 5.41) is 11.8. The van der Waals surface area contributed by atoms with Crippen LogP contribution in [0.1, 0.15) is 27.7 Å². The van der Waals surface area contributed by atoms with Crippen LogP contribution in [0.25, 0.3) is 20.7 Å². The average Bonchev–Trinajstić information content (AvgIpc) is 3.47. The predicted molar refractivity (Wildman–Crippen MR) is 127 cm³/mol. The van der Waals surface area contributed by atoms with E-state index in [4.69, 9.17) is 9.31 Å². The van der Waals surface area contributed by atoms with Crippen molar-refractivity contribution in [1.82, 2.24) is 25.0 Å². The van der Waals surface area contributed by atoms with Crippen LogP contribution in [-0.4, -0.2) is 49.8 Å². The first-order valence-corrected chi connectivity index (χ1v) is 11.5. The van der Waals surface area contributed by atoms with Crippen molar-refractivity contribution >= 4 is 40.0 Å². The van der Waals surface area contributed by atoms with Gasteiger partial charge in [0.25, 0.3) is 0 Å². The zero-order chi connectivity index (χ0) is 23.2. The SMILES string of the molecule is CC1(C)OB(c2cccc3cc(-c4nc(NCCn5ccnn5)ncc4F)sc23)OC1(C)C. The number of hydrogen-bond donors (Lipinski definition) is 1. The van der Waals surface area contributed by atoms with Gasteiger partial charge in [0.05, 0.1) is 35.0 Å². The molecule has 0 aliphatic carbocycles. The number of thiophene rings is 1. The van der Waals surface area contributed by atoms with Crippen molar-refractivity contribution in [3.05, 3.63) is 48.7 Å². The number of nitrogens with one attached hydrogen (secondary N) is 1. The highest BCUT2D eigenvalue weighted by Crippen LogP contribution is 2.39. The van der Waals surface area contributed by atoms with Gasteiger partial charge in [-0.25, -0.2) is 14.4 Å². The van der Waals surface area contributed by atoms with Gasteiger partial charge in [-0.1, -0.05) is 23.4 Å². The lowest BCUT2D eigenvalue weighted by Crippen LogP contribution is -2.41. The fourth-order valence-corrected chi connectivity index (χ4v) is 4.79. The molecule has 1 N–H and O–H groups in total. The van der Waals surface area contributed by atoms with Crippen LogP contribution < -0.4 is 10.8 Å². The lowest BCUT2D eigenvalue weighted by Gasteiger charge is -2.32. The molecule has 170 valence electrons. The summed E-state index contributed by atoms with van der Waals surface area (Å²) < 4.78 is 29.9. The van der Waals surface area contributed by atoms with Crippen molar-refractivity contribution in [2.24, 2.45) is 0 Å². The first-order chi connectivity index (χ1) is 15.7. The number of benzene rings is 1.